The lowest BCUT2D eigenvalue weighted by Crippen LogP contribution is -2.43. The minimum atomic E-state index is -0.967. The molecule has 3 N–H and O–H groups in total. The number of carbonyl (C=O) groups is 5. The number of amides is 3. The zero-order valence-corrected chi connectivity index (χ0v) is 23.6. The summed E-state index contributed by atoms with van der Waals surface area (Å²) in [4.78, 5) is 61.5. The predicted octanol–water partition coefficient (Wildman–Crippen LogP) is 3.68. The van der Waals surface area contributed by atoms with E-state index in [4.69, 9.17) is 32.7 Å². The lowest BCUT2D eigenvalue weighted by Gasteiger charge is -2.20. The third-order valence-electron chi connectivity index (χ3n) is 6.57. The van der Waals surface area contributed by atoms with Gasteiger partial charge in [-0.2, -0.15) is 0 Å². The molecule has 3 amide bonds. The van der Waals surface area contributed by atoms with Gasteiger partial charge in [0.25, 0.3) is 5.91 Å². The fourth-order valence-corrected chi connectivity index (χ4v) is 5.04. The molecule has 1 aliphatic rings. The average Bonchev–Trinajstić information content (AvgIpc) is 3.35. The van der Waals surface area contributed by atoms with Crippen LogP contribution in [0.5, 0.6) is 0 Å². The monoisotopic (exact) mass is 591 g/mol. The van der Waals surface area contributed by atoms with Crippen LogP contribution in [-0.2, 0) is 35.1 Å². The Bertz CT molecular complexity index is 1230. The molecule has 40 heavy (non-hydrogen) atoms. The number of carbonyl (C=O) groups excluding carboxylic acids is 5. The van der Waals surface area contributed by atoms with Crippen LogP contribution in [-0.4, -0.2) is 56.0 Å². The van der Waals surface area contributed by atoms with Crippen LogP contribution in [0.4, 0.5) is 5.69 Å². The normalized spacial score (nSPS) is 15.9. The van der Waals surface area contributed by atoms with Crippen molar-refractivity contribution in [2.45, 2.75) is 50.6 Å². The molecule has 0 aliphatic carbocycles. The Hall–Kier alpha value is -3.63. The Balaban J connectivity index is 1.58. The van der Waals surface area contributed by atoms with Crippen LogP contribution in [0.1, 0.15) is 48.0 Å². The van der Waals surface area contributed by atoms with E-state index in [9.17, 15) is 24.0 Å². The van der Waals surface area contributed by atoms with Gasteiger partial charge in [-0.05, 0) is 49.1 Å². The topological polar surface area (TPSA) is 140 Å². The Morgan fingerprint density at radius 2 is 1.65 bits per heavy atom. The van der Waals surface area contributed by atoms with Crippen molar-refractivity contribution in [3.8, 4) is 0 Å². The lowest BCUT2D eigenvalue weighted by molar-refractivity contribution is -0.147. The third kappa shape index (κ3) is 8.69. The van der Waals surface area contributed by atoms with Gasteiger partial charge in [0, 0.05) is 31.0 Å². The summed E-state index contributed by atoms with van der Waals surface area (Å²) >= 11 is 12.2. The van der Waals surface area contributed by atoms with E-state index in [0.29, 0.717) is 30.5 Å². The highest BCUT2D eigenvalue weighted by molar-refractivity contribution is 6.40. The number of rotatable bonds is 12. The van der Waals surface area contributed by atoms with Gasteiger partial charge < -0.3 is 25.4 Å². The van der Waals surface area contributed by atoms with E-state index in [2.05, 4.69) is 16.0 Å². The first-order valence-electron chi connectivity index (χ1n) is 12.7. The van der Waals surface area contributed by atoms with Gasteiger partial charge in [0.05, 0.1) is 35.7 Å². The summed E-state index contributed by atoms with van der Waals surface area (Å²) in [6.07, 6.45) is 1.71. The summed E-state index contributed by atoms with van der Waals surface area (Å²) in [6.45, 7) is 0. The van der Waals surface area contributed by atoms with Gasteiger partial charge >= 0.3 is 11.9 Å². The highest BCUT2D eigenvalue weighted by Crippen LogP contribution is 2.25. The molecule has 0 aromatic heterocycles. The molecule has 3 rings (SSSR count). The van der Waals surface area contributed by atoms with Gasteiger partial charge in [-0.15, -0.1) is 0 Å². The molecule has 10 nitrogen and oxygen atoms in total. The van der Waals surface area contributed by atoms with Gasteiger partial charge in [-0.25, -0.2) is 4.79 Å². The summed E-state index contributed by atoms with van der Waals surface area (Å²) in [5.41, 5.74) is 1.34. The molecule has 1 fully saturated rings. The van der Waals surface area contributed by atoms with Gasteiger partial charge in [0.15, 0.2) is 0 Å². The molecule has 1 saturated heterocycles. The SMILES string of the molecule is COC(=O)C(CCC(=O)N[C@@H](Cc1ccc(NC(=O)c2c(Cl)cccc2Cl)cc1)C(=O)OC)CC1CCC(=O)N1. The largest absolute Gasteiger partial charge is 0.469 e. The highest BCUT2D eigenvalue weighted by Gasteiger charge is 2.29. The van der Waals surface area contributed by atoms with E-state index in [0.717, 1.165) is 0 Å². The Morgan fingerprint density at radius 3 is 2.23 bits per heavy atom. The van der Waals surface area contributed by atoms with Crippen molar-refractivity contribution in [1.29, 1.82) is 0 Å². The molecule has 2 aromatic carbocycles. The van der Waals surface area contributed by atoms with Crippen molar-refractivity contribution in [2.75, 3.05) is 19.5 Å². The number of benzene rings is 2. The second-order valence-electron chi connectivity index (χ2n) is 9.39. The number of esters is 2. The summed E-state index contributed by atoms with van der Waals surface area (Å²) in [5.74, 6) is -2.62. The maximum absolute atomic E-state index is 12.7. The molecular formula is C28H31Cl2N3O7. The van der Waals surface area contributed by atoms with Crippen LogP contribution in [0.15, 0.2) is 42.5 Å². The number of anilines is 1. The zero-order valence-electron chi connectivity index (χ0n) is 22.1. The summed E-state index contributed by atoms with van der Waals surface area (Å²) < 4.78 is 9.73. The Morgan fingerprint density at radius 1 is 1.00 bits per heavy atom. The van der Waals surface area contributed by atoms with E-state index < -0.39 is 35.7 Å². The van der Waals surface area contributed by atoms with Crippen molar-refractivity contribution in [3.05, 3.63) is 63.6 Å². The molecule has 0 radical (unpaired) electrons. The minimum absolute atomic E-state index is 0.0243. The second kappa shape index (κ2) is 14.7. The lowest BCUT2D eigenvalue weighted by atomic mass is 9.94. The number of methoxy groups -OCH3 is 2. The molecule has 3 atom stereocenters. The van der Waals surface area contributed by atoms with E-state index in [1.54, 1.807) is 42.5 Å². The number of hydrogen-bond acceptors (Lipinski definition) is 7. The van der Waals surface area contributed by atoms with E-state index in [1.165, 1.54) is 14.2 Å². The van der Waals surface area contributed by atoms with Crippen molar-refractivity contribution in [1.82, 2.24) is 10.6 Å². The third-order valence-corrected chi connectivity index (χ3v) is 7.20. The van der Waals surface area contributed by atoms with Crippen LogP contribution in [0, 0.1) is 5.92 Å². The van der Waals surface area contributed by atoms with E-state index >= 15 is 0 Å². The van der Waals surface area contributed by atoms with Crippen LogP contribution >= 0.6 is 23.2 Å². The maximum Gasteiger partial charge on any atom is 0.328 e. The van der Waals surface area contributed by atoms with E-state index in [-0.39, 0.29) is 46.8 Å². The first kappa shape index (κ1) is 30.9. The number of halogens is 2. The molecule has 214 valence electrons. The molecule has 1 heterocycles. The molecule has 1 aliphatic heterocycles. The van der Waals surface area contributed by atoms with Crippen molar-refractivity contribution in [3.63, 3.8) is 0 Å². The average molecular weight is 592 g/mol. The van der Waals surface area contributed by atoms with Gasteiger partial charge in [-0.1, -0.05) is 41.4 Å². The van der Waals surface area contributed by atoms with E-state index in [1.807, 2.05) is 0 Å². The molecular weight excluding hydrogens is 561 g/mol. The van der Waals surface area contributed by atoms with Crippen LogP contribution < -0.4 is 16.0 Å². The van der Waals surface area contributed by atoms with Crippen molar-refractivity contribution >= 4 is 58.5 Å². The Labute approximate surface area is 242 Å². The first-order chi connectivity index (χ1) is 19.1. The van der Waals surface area contributed by atoms with Crippen molar-refractivity contribution < 1.29 is 33.4 Å². The molecule has 0 bridgehead atoms. The van der Waals surface area contributed by atoms with Crippen LogP contribution in [0.25, 0.3) is 0 Å². The van der Waals surface area contributed by atoms with Gasteiger partial charge in [0.1, 0.15) is 6.04 Å². The Kier molecular flexibility index (Phi) is 11.3. The highest BCUT2D eigenvalue weighted by atomic mass is 35.5. The molecule has 2 aromatic rings. The summed E-state index contributed by atoms with van der Waals surface area (Å²) in [6, 6.07) is 10.4. The van der Waals surface area contributed by atoms with Gasteiger partial charge in [0.2, 0.25) is 11.8 Å². The van der Waals surface area contributed by atoms with Crippen molar-refractivity contribution in [2.24, 2.45) is 5.92 Å². The first-order valence-corrected chi connectivity index (χ1v) is 13.5. The van der Waals surface area contributed by atoms with Gasteiger partial charge in [-0.3, -0.25) is 19.2 Å². The van der Waals surface area contributed by atoms with Crippen LogP contribution in [0.2, 0.25) is 10.0 Å². The quantitative estimate of drug-likeness (QED) is 0.320. The molecule has 2 unspecified atom stereocenters. The summed E-state index contributed by atoms with van der Waals surface area (Å²) in [5, 5.41) is 8.67. The van der Waals surface area contributed by atoms with Crippen LogP contribution in [0.3, 0.4) is 0 Å². The molecule has 12 heteroatoms. The minimum Gasteiger partial charge on any atom is -0.469 e. The second-order valence-corrected chi connectivity index (χ2v) is 10.2. The fraction of sp³-hybridized carbons (Fsp3) is 0.393. The fourth-order valence-electron chi connectivity index (χ4n) is 4.47. The molecule has 0 spiro atoms. The zero-order chi connectivity index (χ0) is 29.2. The predicted molar refractivity (Wildman–Crippen MR) is 149 cm³/mol. The smallest absolute Gasteiger partial charge is 0.328 e. The molecule has 0 saturated carbocycles. The number of ether oxygens (including phenoxy) is 2. The maximum atomic E-state index is 12.7. The number of hydrogen-bond donors (Lipinski definition) is 3. The standard InChI is InChI=1S/C28H31Cl2N3O7/c1-39-27(37)17(15-19-11-13-23(34)31-19)8-12-24(35)33-22(28(38)40-2)14-16-6-9-18(10-7-16)32-26(36)25-20(29)4-3-5-21(25)30/h3-7,9-10,17,19,22H,8,11-15H2,1-2H3,(H,31,34)(H,32,36)(H,33,35)/t17?,19?,22-/m0/s1. The number of nitrogens with one attached hydrogen (secondary N) is 3. The summed E-state index contributed by atoms with van der Waals surface area (Å²) in [7, 11) is 2.50.